The number of nitrogens with one attached hydrogen (secondary N) is 1. The summed E-state index contributed by atoms with van der Waals surface area (Å²) in [5.74, 6) is -1.72. The number of likely N-dealkylation sites (tertiary alicyclic amines) is 1. The minimum absolute atomic E-state index is 0.103. The first-order chi connectivity index (χ1) is 10.6. The number of amides is 2. The Kier molecular flexibility index (Phi) is 5.35. The number of aliphatic carboxylic acids is 1. The van der Waals surface area contributed by atoms with E-state index >= 15 is 0 Å². The number of rotatable bonds is 5. The smallest absolute Gasteiger partial charge is 0.407 e. The fourth-order valence-corrected chi connectivity index (χ4v) is 2.33. The molecule has 7 nitrogen and oxygen atoms in total. The Balaban J connectivity index is 1.74. The van der Waals surface area contributed by atoms with Crippen LogP contribution >= 0.6 is 0 Å². The largest absolute Gasteiger partial charge is 0.548 e. The molecule has 0 bridgehead atoms. The maximum atomic E-state index is 11.9. The topological polar surface area (TPSA) is 98.8 Å². The van der Waals surface area contributed by atoms with Gasteiger partial charge < -0.3 is 24.9 Å². The number of hydrogen-bond donors (Lipinski definition) is 1. The van der Waals surface area contributed by atoms with E-state index in [1.165, 1.54) is 4.90 Å². The van der Waals surface area contributed by atoms with E-state index < -0.39 is 24.0 Å². The molecule has 0 unspecified atom stereocenters. The summed E-state index contributed by atoms with van der Waals surface area (Å²) in [4.78, 5) is 35.5. The van der Waals surface area contributed by atoms with E-state index in [4.69, 9.17) is 4.74 Å². The van der Waals surface area contributed by atoms with Gasteiger partial charge in [-0.05, 0) is 18.4 Å². The molecule has 0 aliphatic carbocycles. The molecule has 1 aliphatic rings. The van der Waals surface area contributed by atoms with Gasteiger partial charge in [0.25, 0.3) is 0 Å². The fourth-order valence-electron chi connectivity index (χ4n) is 2.33. The van der Waals surface area contributed by atoms with E-state index in [2.05, 4.69) is 5.32 Å². The monoisotopic (exact) mass is 305 g/mol. The first kappa shape index (κ1) is 15.8. The van der Waals surface area contributed by atoms with Crippen molar-refractivity contribution >= 4 is 18.0 Å². The number of carboxylic acid groups (broad SMARTS) is 1. The van der Waals surface area contributed by atoms with Crippen LogP contribution in [-0.4, -0.2) is 42.0 Å². The van der Waals surface area contributed by atoms with Gasteiger partial charge in [0.15, 0.2) is 0 Å². The van der Waals surface area contributed by atoms with Gasteiger partial charge in [-0.2, -0.15) is 0 Å². The Labute approximate surface area is 127 Å². The molecule has 1 aliphatic heterocycles. The van der Waals surface area contributed by atoms with Crippen molar-refractivity contribution < 1.29 is 24.2 Å². The highest BCUT2D eigenvalue weighted by atomic mass is 16.5. The van der Waals surface area contributed by atoms with E-state index in [1.807, 2.05) is 30.3 Å². The van der Waals surface area contributed by atoms with Crippen LogP contribution in [0.4, 0.5) is 4.79 Å². The lowest BCUT2D eigenvalue weighted by molar-refractivity contribution is -0.310. The minimum atomic E-state index is -1.27. The summed E-state index contributed by atoms with van der Waals surface area (Å²) in [5.41, 5.74) is 0.834. The molecule has 1 fully saturated rings. The Hall–Kier alpha value is -2.57. The molecule has 0 saturated carbocycles. The summed E-state index contributed by atoms with van der Waals surface area (Å²) in [6.07, 6.45) is 0.274. The number of carboxylic acids is 1. The summed E-state index contributed by atoms with van der Waals surface area (Å²) in [5, 5.41) is 13.2. The lowest BCUT2D eigenvalue weighted by Crippen LogP contribution is -2.49. The lowest BCUT2D eigenvalue weighted by atomic mass is 10.2. The number of alkyl carbamates (subject to hydrolysis) is 1. The van der Waals surface area contributed by atoms with Crippen molar-refractivity contribution in [2.45, 2.75) is 25.5 Å². The molecule has 1 atom stereocenters. The Morgan fingerprint density at radius 2 is 2.00 bits per heavy atom. The van der Waals surface area contributed by atoms with Crippen LogP contribution in [0.3, 0.4) is 0 Å². The first-order valence-corrected chi connectivity index (χ1v) is 7.03. The van der Waals surface area contributed by atoms with Gasteiger partial charge >= 0.3 is 6.09 Å². The average molecular weight is 305 g/mol. The van der Waals surface area contributed by atoms with Gasteiger partial charge in [-0.3, -0.25) is 4.79 Å². The zero-order valence-electron chi connectivity index (χ0n) is 12.0. The van der Waals surface area contributed by atoms with Crippen LogP contribution in [0.1, 0.15) is 18.4 Å². The highest BCUT2D eigenvalue weighted by Crippen LogP contribution is 2.16. The first-order valence-electron chi connectivity index (χ1n) is 7.03. The second kappa shape index (κ2) is 7.44. The molecule has 22 heavy (non-hydrogen) atoms. The highest BCUT2D eigenvalue weighted by molar-refractivity contribution is 5.86. The van der Waals surface area contributed by atoms with Crippen molar-refractivity contribution in [2.75, 3.05) is 13.1 Å². The molecule has 0 radical (unpaired) electrons. The number of nitrogens with zero attached hydrogens (tertiary/aromatic N) is 1. The standard InChI is InChI=1S/C15H18N2O5/c18-13(17-8-4-7-12(17)14(19)20)9-16-15(21)22-10-11-5-2-1-3-6-11/h1-3,5-6,12H,4,7-10H2,(H,16,21)(H,19,20)/p-1/t12-/m0/s1. The second-order valence-corrected chi connectivity index (χ2v) is 4.98. The lowest BCUT2D eigenvalue weighted by Gasteiger charge is -2.25. The van der Waals surface area contributed by atoms with E-state index in [0.29, 0.717) is 19.4 Å². The molecular weight excluding hydrogens is 288 g/mol. The zero-order valence-corrected chi connectivity index (χ0v) is 12.0. The van der Waals surface area contributed by atoms with E-state index in [-0.39, 0.29) is 13.2 Å². The Morgan fingerprint density at radius 1 is 1.27 bits per heavy atom. The van der Waals surface area contributed by atoms with Gasteiger partial charge in [0.1, 0.15) is 13.2 Å². The van der Waals surface area contributed by atoms with E-state index in [9.17, 15) is 19.5 Å². The Morgan fingerprint density at radius 3 is 2.68 bits per heavy atom. The SMILES string of the molecule is O=C(NCC(=O)N1CCC[C@H]1C(=O)[O-])OCc1ccccc1. The van der Waals surface area contributed by atoms with Crippen molar-refractivity contribution in [2.24, 2.45) is 0 Å². The summed E-state index contributed by atoms with van der Waals surface area (Å²) in [6, 6.07) is 8.22. The highest BCUT2D eigenvalue weighted by Gasteiger charge is 2.29. The summed E-state index contributed by atoms with van der Waals surface area (Å²) >= 11 is 0. The normalized spacial score (nSPS) is 17.1. The molecular formula is C15H17N2O5-. The van der Waals surface area contributed by atoms with Crippen LogP contribution in [0.25, 0.3) is 0 Å². The van der Waals surface area contributed by atoms with Crippen LogP contribution < -0.4 is 10.4 Å². The predicted molar refractivity (Wildman–Crippen MR) is 74.4 cm³/mol. The van der Waals surface area contributed by atoms with E-state index in [0.717, 1.165) is 5.56 Å². The van der Waals surface area contributed by atoms with Gasteiger partial charge in [-0.1, -0.05) is 30.3 Å². The molecule has 1 aromatic carbocycles. The molecule has 1 saturated heterocycles. The molecule has 0 aromatic heterocycles. The summed E-state index contributed by atoms with van der Waals surface area (Å²) in [7, 11) is 0. The predicted octanol–water partition coefficient (Wildman–Crippen LogP) is -0.346. The van der Waals surface area contributed by atoms with Crippen LogP contribution in [0.5, 0.6) is 0 Å². The van der Waals surface area contributed by atoms with E-state index in [1.54, 1.807) is 0 Å². The van der Waals surface area contributed by atoms with Crippen molar-refractivity contribution in [1.82, 2.24) is 10.2 Å². The number of carbonyl (C=O) groups excluding carboxylic acids is 3. The van der Waals surface area contributed by atoms with Crippen LogP contribution in [0, 0.1) is 0 Å². The van der Waals surface area contributed by atoms with Gasteiger partial charge in [0.05, 0.1) is 12.0 Å². The van der Waals surface area contributed by atoms with Crippen LogP contribution in [-0.2, 0) is 20.9 Å². The Bertz CT molecular complexity index is 546. The molecule has 118 valence electrons. The summed E-state index contributed by atoms with van der Waals surface area (Å²) < 4.78 is 4.97. The molecule has 1 aromatic rings. The quantitative estimate of drug-likeness (QED) is 0.802. The van der Waals surface area contributed by atoms with Gasteiger partial charge in [0, 0.05) is 6.54 Å². The van der Waals surface area contributed by atoms with Gasteiger partial charge in [-0.25, -0.2) is 4.79 Å². The van der Waals surface area contributed by atoms with Crippen molar-refractivity contribution in [3.8, 4) is 0 Å². The third-order valence-electron chi connectivity index (χ3n) is 3.44. The maximum Gasteiger partial charge on any atom is 0.407 e. The number of benzene rings is 1. The molecule has 7 heteroatoms. The summed E-state index contributed by atoms with van der Waals surface area (Å²) in [6.45, 7) is 0.169. The third-order valence-corrected chi connectivity index (χ3v) is 3.44. The minimum Gasteiger partial charge on any atom is -0.548 e. The number of carbonyl (C=O) groups is 3. The van der Waals surface area contributed by atoms with Crippen molar-refractivity contribution in [1.29, 1.82) is 0 Å². The van der Waals surface area contributed by atoms with Crippen LogP contribution in [0.15, 0.2) is 30.3 Å². The maximum absolute atomic E-state index is 11.9. The molecule has 2 amide bonds. The molecule has 1 N–H and O–H groups in total. The second-order valence-electron chi connectivity index (χ2n) is 4.98. The van der Waals surface area contributed by atoms with Crippen molar-refractivity contribution in [3.05, 3.63) is 35.9 Å². The van der Waals surface area contributed by atoms with Crippen molar-refractivity contribution in [3.63, 3.8) is 0 Å². The average Bonchev–Trinajstić information content (AvgIpc) is 3.01. The number of hydrogen-bond acceptors (Lipinski definition) is 5. The van der Waals surface area contributed by atoms with Gasteiger partial charge in [0.2, 0.25) is 5.91 Å². The zero-order chi connectivity index (χ0) is 15.9. The molecule has 1 heterocycles. The molecule has 2 rings (SSSR count). The van der Waals surface area contributed by atoms with Crippen LogP contribution in [0.2, 0.25) is 0 Å². The fraction of sp³-hybridized carbons (Fsp3) is 0.400. The number of ether oxygens (including phenoxy) is 1. The van der Waals surface area contributed by atoms with Gasteiger partial charge in [-0.15, -0.1) is 0 Å². The third kappa shape index (κ3) is 4.21. The molecule has 0 spiro atoms.